The Morgan fingerprint density at radius 2 is 1.85 bits per heavy atom. The lowest BCUT2D eigenvalue weighted by Crippen LogP contribution is -2.32. The molecule has 0 unspecified atom stereocenters. The number of rotatable bonds is 5. The Morgan fingerprint density at radius 3 is 2.56 bits per heavy atom. The SMILES string of the molecule is CC(=O)Nc1ccc(C(=O)NCc2cccc(Br)c2)c(N2CCCCC2)c1. The highest BCUT2D eigenvalue weighted by atomic mass is 79.9. The quantitative estimate of drug-likeness (QED) is 0.743. The van der Waals surface area contributed by atoms with Crippen LogP contribution in [0.5, 0.6) is 0 Å². The minimum Gasteiger partial charge on any atom is -0.371 e. The number of amides is 2. The molecule has 3 rings (SSSR count). The third-order valence-electron chi connectivity index (χ3n) is 4.60. The first-order chi connectivity index (χ1) is 13.0. The Balaban J connectivity index is 1.81. The van der Waals surface area contributed by atoms with Crippen molar-refractivity contribution in [1.82, 2.24) is 5.32 Å². The third kappa shape index (κ3) is 5.32. The van der Waals surface area contributed by atoms with Crippen molar-refractivity contribution in [3.05, 3.63) is 58.1 Å². The highest BCUT2D eigenvalue weighted by molar-refractivity contribution is 9.10. The second-order valence-electron chi connectivity index (χ2n) is 6.77. The van der Waals surface area contributed by atoms with Crippen molar-refractivity contribution in [2.75, 3.05) is 23.3 Å². The van der Waals surface area contributed by atoms with Crippen molar-refractivity contribution in [3.63, 3.8) is 0 Å². The smallest absolute Gasteiger partial charge is 0.253 e. The largest absolute Gasteiger partial charge is 0.371 e. The summed E-state index contributed by atoms with van der Waals surface area (Å²) in [6.45, 7) is 3.80. The van der Waals surface area contributed by atoms with E-state index in [9.17, 15) is 9.59 Å². The lowest BCUT2D eigenvalue weighted by molar-refractivity contribution is -0.114. The number of halogens is 1. The van der Waals surface area contributed by atoms with Crippen LogP contribution in [0.3, 0.4) is 0 Å². The van der Waals surface area contributed by atoms with Gasteiger partial charge in [0.25, 0.3) is 5.91 Å². The second kappa shape index (κ2) is 9.04. The van der Waals surface area contributed by atoms with Crippen molar-refractivity contribution in [1.29, 1.82) is 0 Å². The zero-order valence-corrected chi connectivity index (χ0v) is 17.0. The molecule has 0 radical (unpaired) electrons. The molecule has 1 aliphatic heterocycles. The third-order valence-corrected chi connectivity index (χ3v) is 5.09. The van der Waals surface area contributed by atoms with E-state index in [-0.39, 0.29) is 11.8 Å². The predicted molar refractivity (Wildman–Crippen MR) is 112 cm³/mol. The zero-order valence-electron chi connectivity index (χ0n) is 15.4. The Morgan fingerprint density at radius 1 is 1.07 bits per heavy atom. The normalized spacial score (nSPS) is 13.9. The monoisotopic (exact) mass is 429 g/mol. The molecule has 1 aliphatic rings. The molecule has 142 valence electrons. The van der Waals surface area contributed by atoms with Gasteiger partial charge in [-0.05, 0) is 55.2 Å². The van der Waals surface area contributed by atoms with Gasteiger partial charge in [-0.2, -0.15) is 0 Å². The maximum atomic E-state index is 12.9. The van der Waals surface area contributed by atoms with E-state index in [1.54, 1.807) is 12.1 Å². The van der Waals surface area contributed by atoms with Crippen LogP contribution in [0.25, 0.3) is 0 Å². The number of anilines is 2. The lowest BCUT2D eigenvalue weighted by Gasteiger charge is -2.30. The molecule has 6 heteroatoms. The summed E-state index contributed by atoms with van der Waals surface area (Å²) in [5.41, 5.74) is 3.27. The molecule has 0 atom stereocenters. The fraction of sp³-hybridized carbons (Fsp3) is 0.333. The molecule has 2 N–H and O–H groups in total. The van der Waals surface area contributed by atoms with Gasteiger partial charge in [0.15, 0.2) is 0 Å². The van der Waals surface area contributed by atoms with Gasteiger partial charge in [-0.15, -0.1) is 0 Å². The minimum atomic E-state index is -0.119. The van der Waals surface area contributed by atoms with Gasteiger partial charge in [0.05, 0.1) is 11.3 Å². The van der Waals surface area contributed by atoms with Crippen molar-refractivity contribution in [3.8, 4) is 0 Å². The van der Waals surface area contributed by atoms with E-state index in [1.807, 2.05) is 30.3 Å². The summed E-state index contributed by atoms with van der Waals surface area (Å²) in [4.78, 5) is 26.5. The summed E-state index contributed by atoms with van der Waals surface area (Å²) in [7, 11) is 0. The van der Waals surface area contributed by atoms with Crippen LogP contribution >= 0.6 is 15.9 Å². The molecule has 0 spiro atoms. The van der Waals surface area contributed by atoms with Crippen LogP contribution in [0.1, 0.15) is 42.1 Å². The number of hydrogen-bond donors (Lipinski definition) is 2. The molecular weight excluding hydrogens is 406 g/mol. The number of nitrogens with zero attached hydrogens (tertiary/aromatic N) is 1. The van der Waals surface area contributed by atoms with Crippen LogP contribution in [0.4, 0.5) is 11.4 Å². The summed E-state index contributed by atoms with van der Waals surface area (Å²) in [6.07, 6.45) is 3.44. The van der Waals surface area contributed by atoms with Gasteiger partial charge >= 0.3 is 0 Å². The van der Waals surface area contributed by atoms with E-state index in [4.69, 9.17) is 0 Å². The summed E-state index contributed by atoms with van der Waals surface area (Å²) in [5, 5.41) is 5.82. The van der Waals surface area contributed by atoms with Gasteiger partial charge in [-0.1, -0.05) is 28.1 Å². The average molecular weight is 430 g/mol. The number of carbonyl (C=O) groups is 2. The fourth-order valence-corrected chi connectivity index (χ4v) is 3.77. The molecule has 0 saturated carbocycles. The summed E-state index contributed by atoms with van der Waals surface area (Å²) in [5.74, 6) is -0.226. The van der Waals surface area contributed by atoms with E-state index >= 15 is 0 Å². The highest BCUT2D eigenvalue weighted by Gasteiger charge is 2.19. The highest BCUT2D eigenvalue weighted by Crippen LogP contribution is 2.28. The average Bonchev–Trinajstić information content (AvgIpc) is 2.66. The number of benzene rings is 2. The molecule has 0 aromatic heterocycles. The first kappa shape index (κ1) is 19.4. The first-order valence-electron chi connectivity index (χ1n) is 9.22. The van der Waals surface area contributed by atoms with Crippen molar-refractivity contribution < 1.29 is 9.59 Å². The summed E-state index contributed by atoms with van der Waals surface area (Å²) < 4.78 is 0.989. The van der Waals surface area contributed by atoms with Crippen molar-refractivity contribution in [2.24, 2.45) is 0 Å². The topological polar surface area (TPSA) is 61.4 Å². The van der Waals surface area contributed by atoms with Gasteiger partial charge < -0.3 is 15.5 Å². The van der Waals surface area contributed by atoms with Gasteiger partial charge in [0.1, 0.15) is 0 Å². The molecule has 5 nitrogen and oxygen atoms in total. The van der Waals surface area contributed by atoms with Crippen molar-refractivity contribution >= 4 is 39.1 Å². The summed E-state index contributed by atoms with van der Waals surface area (Å²) >= 11 is 3.45. The van der Waals surface area contributed by atoms with Crippen LogP contribution < -0.4 is 15.5 Å². The second-order valence-corrected chi connectivity index (χ2v) is 7.69. The van der Waals surface area contributed by atoms with Crippen LogP contribution in [-0.4, -0.2) is 24.9 Å². The summed E-state index contributed by atoms with van der Waals surface area (Å²) in [6, 6.07) is 13.4. The Hall–Kier alpha value is -2.34. The number of carbonyl (C=O) groups excluding carboxylic acids is 2. The number of hydrogen-bond acceptors (Lipinski definition) is 3. The molecule has 2 aromatic carbocycles. The van der Waals surface area contributed by atoms with Crippen molar-refractivity contribution in [2.45, 2.75) is 32.7 Å². The van der Waals surface area contributed by atoms with Crippen LogP contribution in [-0.2, 0) is 11.3 Å². The van der Waals surface area contributed by atoms with Crippen LogP contribution in [0.2, 0.25) is 0 Å². The molecule has 0 bridgehead atoms. The molecule has 2 amide bonds. The van der Waals surface area contributed by atoms with Gasteiger partial charge in [-0.3, -0.25) is 9.59 Å². The maximum absolute atomic E-state index is 12.9. The van der Waals surface area contributed by atoms with E-state index in [0.717, 1.165) is 41.7 Å². The molecule has 1 fully saturated rings. The molecule has 27 heavy (non-hydrogen) atoms. The molecular formula is C21H24BrN3O2. The van der Waals surface area contributed by atoms with E-state index in [2.05, 4.69) is 31.5 Å². The van der Waals surface area contributed by atoms with Gasteiger partial charge in [0.2, 0.25) is 5.91 Å². The van der Waals surface area contributed by atoms with Gasteiger partial charge in [0, 0.05) is 36.7 Å². The number of nitrogens with one attached hydrogen (secondary N) is 2. The Kier molecular flexibility index (Phi) is 6.50. The van der Waals surface area contributed by atoms with Gasteiger partial charge in [-0.25, -0.2) is 0 Å². The predicted octanol–water partition coefficient (Wildman–Crippen LogP) is 4.33. The molecule has 1 heterocycles. The van der Waals surface area contributed by atoms with E-state index in [0.29, 0.717) is 17.8 Å². The van der Waals surface area contributed by atoms with E-state index in [1.165, 1.54) is 13.3 Å². The number of piperidine rings is 1. The maximum Gasteiger partial charge on any atom is 0.253 e. The van der Waals surface area contributed by atoms with Crippen LogP contribution in [0.15, 0.2) is 46.9 Å². The van der Waals surface area contributed by atoms with Crippen LogP contribution in [0, 0.1) is 0 Å². The lowest BCUT2D eigenvalue weighted by atomic mass is 10.1. The Bertz CT molecular complexity index is 832. The standard InChI is InChI=1S/C21H24BrN3O2/c1-15(26)24-18-8-9-19(20(13-18)25-10-3-2-4-11-25)21(27)23-14-16-6-5-7-17(22)12-16/h5-9,12-13H,2-4,10-11,14H2,1H3,(H,23,27)(H,24,26). The molecule has 1 saturated heterocycles. The zero-order chi connectivity index (χ0) is 19.2. The minimum absolute atomic E-state index is 0.107. The van der Waals surface area contributed by atoms with E-state index < -0.39 is 0 Å². The molecule has 0 aliphatic carbocycles. The molecule has 2 aromatic rings. The Labute approximate surface area is 168 Å². The fourth-order valence-electron chi connectivity index (χ4n) is 3.33. The first-order valence-corrected chi connectivity index (χ1v) is 10.0.